The largest absolute Gasteiger partial charge is 0.374 e. The minimum absolute atomic E-state index is 0.450. The van der Waals surface area contributed by atoms with E-state index in [9.17, 15) is 0 Å². The molecule has 4 heteroatoms. The lowest BCUT2D eigenvalue weighted by atomic mass is 10.1. The molecule has 1 N–H and O–H groups in total. The van der Waals surface area contributed by atoms with E-state index in [0.29, 0.717) is 6.04 Å². The second-order valence-electron chi connectivity index (χ2n) is 5.52. The van der Waals surface area contributed by atoms with Crippen molar-refractivity contribution in [3.05, 3.63) is 51.2 Å². The maximum absolute atomic E-state index is 6.39. The number of likely N-dealkylation sites (N-methyl/N-ethyl adjacent to an activating group) is 1. The molecule has 0 saturated carbocycles. The summed E-state index contributed by atoms with van der Waals surface area (Å²) in [6.07, 6.45) is 1.07. The summed E-state index contributed by atoms with van der Waals surface area (Å²) in [5.74, 6) is 0. The van der Waals surface area contributed by atoms with Crippen LogP contribution in [0.1, 0.15) is 24.3 Å². The minimum Gasteiger partial charge on any atom is -0.374 e. The number of hydrogen-bond acceptors (Lipinski definition) is 3. The van der Waals surface area contributed by atoms with E-state index in [2.05, 4.69) is 54.7 Å². The van der Waals surface area contributed by atoms with Gasteiger partial charge in [-0.15, -0.1) is 11.3 Å². The molecule has 0 aliphatic heterocycles. The average Bonchev–Trinajstić information content (AvgIpc) is 2.96. The second kappa shape index (κ2) is 7.83. The topological polar surface area (TPSA) is 15.3 Å². The Morgan fingerprint density at radius 1 is 1.24 bits per heavy atom. The van der Waals surface area contributed by atoms with Gasteiger partial charge in [0, 0.05) is 47.3 Å². The molecule has 114 valence electrons. The van der Waals surface area contributed by atoms with Crippen LogP contribution >= 0.6 is 22.9 Å². The van der Waals surface area contributed by atoms with Gasteiger partial charge in [0.15, 0.2) is 0 Å². The van der Waals surface area contributed by atoms with Gasteiger partial charge in [-0.25, -0.2) is 0 Å². The summed E-state index contributed by atoms with van der Waals surface area (Å²) >= 11 is 8.21. The molecule has 0 radical (unpaired) electrons. The molecule has 1 aromatic carbocycles. The summed E-state index contributed by atoms with van der Waals surface area (Å²) in [6, 6.07) is 10.9. The zero-order valence-electron chi connectivity index (χ0n) is 12.9. The lowest BCUT2D eigenvalue weighted by Crippen LogP contribution is -2.26. The van der Waals surface area contributed by atoms with Gasteiger partial charge < -0.3 is 10.2 Å². The molecular weight excluding hydrogens is 300 g/mol. The van der Waals surface area contributed by atoms with Crippen molar-refractivity contribution in [2.75, 3.05) is 18.5 Å². The smallest absolute Gasteiger partial charge is 0.0471 e. The molecule has 1 aromatic heterocycles. The van der Waals surface area contributed by atoms with Gasteiger partial charge in [0.2, 0.25) is 0 Å². The quantitative estimate of drug-likeness (QED) is 0.802. The molecule has 1 heterocycles. The number of benzene rings is 1. The van der Waals surface area contributed by atoms with E-state index in [1.807, 2.05) is 23.5 Å². The van der Waals surface area contributed by atoms with Gasteiger partial charge >= 0.3 is 0 Å². The summed E-state index contributed by atoms with van der Waals surface area (Å²) < 4.78 is 0. The van der Waals surface area contributed by atoms with Crippen molar-refractivity contribution in [3.8, 4) is 0 Å². The van der Waals surface area contributed by atoms with Crippen molar-refractivity contribution in [2.24, 2.45) is 0 Å². The van der Waals surface area contributed by atoms with Crippen LogP contribution in [0.25, 0.3) is 0 Å². The second-order valence-corrected chi connectivity index (χ2v) is 6.96. The fourth-order valence-electron chi connectivity index (χ4n) is 2.24. The highest BCUT2D eigenvalue weighted by Gasteiger charge is 2.11. The maximum Gasteiger partial charge on any atom is 0.0471 e. The molecule has 0 aliphatic carbocycles. The van der Waals surface area contributed by atoms with Crippen LogP contribution < -0.4 is 10.2 Å². The van der Waals surface area contributed by atoms with E-state index >= 15 is 0 Å². The van der Waals surface area contributed by atoms with Crippen LogP contribution in [0.4, 0.5) is 5.69 Å². The van der Waals surface area contributed by atoms with Crippen molar-refractivity contribution in [2.45, 2.75) is 32.9 Å². The summed E-state index contributed by atoms with van der Waals surface area (Å²) in [5.41, 5.74) is 2.40. The van der Waals surface area contributed by atoms with Crippen molar-refractivity contribution in [1.29, 1.82) is 0 Å². The van der Waals surface area contributed by atoms with E-state index in [4.69, 9.17) is 11.6 Å². The van der Waals surface area contributed by atoms with Crippen LogP contribution in [0.3, 0.4) is 0 Å². The monoisotopic (exact) mass is 322 g/mol. The molecule has 0 atom stereocenters. The first kappa shape index (κ1) is 16.3. The highest BCUT2D eigenvalue weighted by Crippen LogP contribution is 2.27. The first-order chi connectivity index (χ1) is 10.1. The number of hydrogen-bond donors (Lipinski definition) is 1. The Morgan fingerprint density at radius 2 is 2.05 bits per heavy atom. The summed E-state index contributed by atoms with van der Waals surface area (Å²) in [5, 5.41) is 6.43. The summed E-state index contributed by atoms with van der Waals surface area (Å²) in [4.78, 5) is 3.72. The average molecular weight is 323 g/mol. The third-order valence-electron chi connectivity index (χ3n) is 3.47. The number of halogens is 1. The van der Waals surface area contributed by atoms with E-state index in [1.165, 1.54) is 16.1 Å². The van der Waals surface area contributed by atoms with Crippen molar-refractivity contribution >= 4 is 28.6 Å². The number of thiophene rings is 1. The molecule has 0 fully saturated rings. The minimum atomic E-state index is 0.450. The molecule has 2 nitrogen and oxygen atoms in total. The van der Waals surface area contributed by atoms with E-state index in [-0.39, 0.29) is 0 Å². The Bertz CT molecular complexity index is 552. The molecule has 0 spiro atoms. The number of nitrogens with zero attached hydrogens (tertiary/aromatic N) is 1. The molecule has 0 bridgehead atoms. The standard InChI is InChI=1S/C17H23ClN2S/c1-13(2)19-12-15-16(18)7-4-8-17(15)20(3)10-9-14-6-5-11-21-14/h4-8,11,13,19H,9-10,12H2,1-3H3. The van der Waals surface area contributed by atoms with Crippen LogP contribution in [0.2, 0.25) is 5.02 Å². The van der Waals surface area contributed by atoms with Crippen LogP contribution in [0, 0.1) is 0 Å². The molecule has 0 saturated heterocycles. The highest BCUT2D eigenvalue weighted by molar-refractivity contribution is 7.09. The van der Waals surface area contributed by atoms with Gasteiger partial charge in [-0.3, -0.25) is 0 Å². The zero-order chi connectivity index (χ0) is 15.2. The Hall–Kier alpha value is -1.03. The van der Waals surface area contributed by atoms with Crippen molar-refractivity contribution in [1.82, 2.24) is 5.32 Å². The summed E-state index contributed by atoms with van der Waals surface area (Å²) in [6.45, 7) is 6.10. The summed E-state index contributed by atoms with van der Waals surface area (Å²) in [7, 11) is 2.14. The Kier molecular flexibility index (Phi) is 6.09. The van der Waals surface area contributed by atoms with Gasteiger partial charge in [-0.05, 0) is 30.0 Å². The predicted molar refractivity (Wildman–Crippen MR) is 94.7 cm³/mol. The first-order valence-electron chi connectivity index (χ1n) is 7.32. The predicted octanol–water partition coefficient (Wildman–Crippen LogP) is 4.58. The van der Waals surface area contributed by atoms with Crippen molar-refractivity contribution < 1.29 is 0 Å². The molecular formula is C17H23ClN2S. The normalized spacial score (nSPS) is 11.1. The molecule has 0 amide bonds. The lowest BCUT2D eigenvalue weighted by molar-refractivity contribution is 0.588. The molecule has 0 unspecified atom stereocenters. The van der Waals surface area contributed by atoms with E-state index in [0.717, 1.165) is 24.5 Å². The van der Waals surface area contributed by atoms with Gasteiger partial charge in [0.1, 0.15) is 0 Å². The molecule has 2 rings (SSSR count). The molecule has 21 heavy (non-hydrogen) atoms. The zero-order valence-corrected chi connectivity index (χ0v) is 14.5. The van der Waals surface area contributed by atoms with Gasteiger partial charge in [0.05, 0.1) is 0 Å². The highest BCUT2D eigenvalue weighted by atomic mass is 35.5. The van der Waals surface area contributed by atoms with E-state index < -0.39 is 0 Å². The fraction of sp³-hybridized carbons (Fsp3) is 0.412. The number of anilines is 1. The molecule has 0 aliphatic rings. The first-order valence-corrected chi connectivity index (χ1v) is 8.58. The Labute approximate surface area is 136 Å². The fourth-order valence-corrected chi connectivity index (χ4v) is 3.17. The SMILES string of the molecule is CC(C)NCc1c(Cl)cccc1N(C)CCc1cccs1. The maximum atomic E-state index is 6.39. The Morgan fingerprint density at radius 3 is 2.71 bits per heavy atom. The van der Waals surface area contributed by atoms with E-state index in [1.54, 1.807) is 0 Å². The van der Waals surface area contributed by atoms with Crippen LogP contribution in [-0.2, 0) is 13.0 Å². The van der Waals surface area contributed by atoms with Gasteiger partial charge in [-0.2, -0.15) is 0 Å². The number of nitrogens with one attached hydrogen (secondary N) is 1. The van der Waals surface area contributed by atoms with Crippen LogP contribution in [0.5, 0.6) is 0 Å². The Balaban J connectivity index is 2.08. The van der Waals surface area contributed by atoms with Crippen LogP contribution in [0.15, 0.2) is 35.7 Å². The van der Waals surface area contributed by atoms with Crippen molar-refractivity contribution in [3.63, 3.8) is 0 Å². The third-order valence-corrected chi connectivity index (χ3v) is 4.76. The van der Waals surface area contributed by atoms with Gasteiger partial charge in [0.25, 0.3) is 0 Å². The molecule has 2 aromatic rings. The van der Waals surface area contributed by atoms with Gasteiger partial charge in [-0.1, -0.05) is 37.6 Å². The lowest BCUT2D eigenvalue weighted by Gasteiger charge is -2.24. The third kappa shape index (κ3) is 4.73. The van der Waals surface area contributed by atoms with Crippen LogP contribution in [-0.4, -0.2) is 19.6 Å². The number of rotatable bonds is 7.